The van der Waals surface area contributed by atoms with E-state index in [1.807, 2.05) is 0 Å². The van der Waals surface area contributed by atoms with Crippen molar-refractivity contribution in [2.45, 2.75) is 52.0 Å². The Balaban J connectivity index is 1.98. The van der Waals surface area contributed by atoms with Crippen LogP contribution in [0, 0.1) is 0 Å². The Morgan fingerprint density at radius 2 is 2.06 bits per heavy atom. The molecule has 90 valence electrons. The largest absolute Gasteiger partial charge is 0.338 e. The van der Waals surface area contributed by atoms with Crippen molar-refractivity contribution in [2.75, 3.05) is 13.1 Å². The molecule has 0 amide bonds. The maximum absolute atomic E-state index is 5.33. The van der Waals surface area contributed by atoms with Crippen molar-refractivity contribution in [3.8, 4) is 0 Å². The molecule has 4 nitrogen and oxygen atoms in total. The standard InChI is InChI=1S/C12H21N3O/c1-3-7-11-13-12(16-14-11)10(2)15-8-5-4-6-9-15/h10H,3-9H2,1-2H3/t10-/m1/s1. The highest BCUT2D eigenvalue weighted by Crippen LogP contribution is 2.22. The van der Waals surface area contributed by atoms with Crippen LogP contribution in [0.5, 0.6) is 0 Å². The van der Waals surface area contributed by atoms with Gasteiger partial charge in [-0.3, -0.25) is 4.90 Å². The van der Waals surface area contributed by atoms with Crippen molar-refractivity contribution in [2.24, 2.45) is 0 Å². The normalized spacial score (nSPS) is 19.9. The molecule has 1 aliphatic heterocycles. The SMILES string of the molecule is CCCc1noc([C@@H](C)N2CCCCC2)n1. The van der Waals surface area contributed by atoms with Crippen LogP contribution in [0.15, 0.2) is 4.52 Å². The first-order valence-corrected chi connectivity index (χ1v) is 6.37. The third kappa shape index (κ3) is 2.61. The van der Waals surface area contributed by atoms with E-state index < -0.39 is 0 Å². The third-order valence-electron chi connectivity index (χ3n) is 3.25. The molecule has 0 bridgehead atoms. The van der Waals surface area contributed by atoms with Crippen LogP contribution < -0.4 is 0 Å². The molecule has 0 saturated carbocycles. The molecule has 2 heterocycles. The van der Waals surface area contributed by atoms with Crippen molar-refractivity contribution in [3.63, 3.8) is 0 Å². The monoisotopic (exact) mass is 223 g/mol. The van der Waals surface area contributed by atoms with E-state index in [1.165, 1.54) is 19.3 Å². The van der Waals surface area contributed by atoms with Crippen LogP contribution in [0.25, 0.3) is 0 Å². The van der Waals surface area contributed by atoms with Gasteiger partial charge in [-0.05, 0) is 39.3 Å². The van der Waals surface area contributed by atoms with Gasteiger partial charge in [0.25, 0.3) is 0 Å². The summed E-state index contributed by atoms with van der Waals surface area (Å²) in [6, 6.07) is 0.276. The summed E-state index contributed by atoms with van der Waals surface area (Å²) in [6.45, 7) is 6.61. The van der Waals surface area contributed by atoms with Crippen LogP contribution in [0.2, 0.25) is 0 Å². The molecule has 0 aromatic carbocycles. The molecule has 1 fully saturated rings. The minimum Gasteiger partial charge on any atom is -0.338 e. The fourth-order valence-corrected chi connectivity index (χ4v) is 2.22. The number of aromatic nitrogens is 2. The summed E-state index contributed by atoms with van der Waals surface area (Å²) in [5, 5.41) is 4.01. The molecule has 1 aromatic heterocycles. The minimum atomic E-state index is 0.276. The van der Waals surface area contributed by atoms with Crippen LogP contribution in [0.4, 0.5) is 0 Å². The van der Waals surface area contributed by atoms with Crippen LogP contribution in [-0.4, -0.2) is 28.1 Å². The van der Waals surface area contributed by atoms with Gasteiger partial charge in [-0.15, -0.1) is 0 Å². The van der Waals surface area contributed by atoms with Gasteiger partial charge >= 0.3 is 0 Å². The van der Waals surface area contributed by atoms with Crippen molar-refractivity contribution in [1.82, 2.24) is 15.0 Å². The van der Waals surface area contributed by atoms with Gasteiger partial charge in [0, 0.05) is 6.42 Å². The van der Waals surface area contributed by atoms with Gasteiger partial charge in [-0.2, -0.15) is 4.98 Å². The van der Waals surface area contributed by atoms with E-state index in [0.29, 0.717) is 0 Å². The Hall–Kier alpha value is -0.900. The van der Waals surface area contributed by atoms with Gasteiger partial charge in [0.1, 0.15) is 0 Å². The molecule has 0 N–H and O–H groups in total. The summed E-state index contributed by atoms with van der Waals surface area (Å²) in [5.41, 5.74) is 0. The predicted molar refractivity (Wildman–Crippen MR) is 62.1 cm³/mol. The summed E-state index contributed by atoms with van der Waals surface area (Å²) in [7, 11) is 0. The van der Waals surface area contributed by atoms with Gasteiger partial charge in [0.15, 0.2) is 5.82 Å². The van der Waals surface area contributed by atoms with Crippen LogP contribution in [0.3, 0.4) is 0 Å². The molecule has 1 aliphatic rings. The highest BCUT2D eigenvalue weighted by atomic mass is 16.5. The molecular weight excluding hydrogens is 202 g/mol. The molecule has 2 rings (SSSR count). The predicted octanol–water partition coefficient (Wildman–Crippen LogP) is 2.57. The Morgan fingerprint density at radius 3 is 2.75 bits per heavy atom. The number of likely N-dealkylation sites (tertiary alicyclic amines) is 1. The number of nitrogens with zero attached hydrogens (tertiary/aromatic N) is 3. The summed E-state index contributed by atoms with van der Waals surface area (Å²) in [5.74, 6) is 1.63. The molecule has 0 aliphatic carbocycles. The first kappa shape index (κ1) is 11.6. The van der Waals surface area contributed by atoms with Gasteiger partial charge in [-0.1, -0.05) is 18.5 Å². The van der Waals surface area contributed by atoms with Crippen molar-refractivity contribution < 1.29 is 4.52 Å². The summed E-state index contributed by atoms with van der Waals surface area (Å²) in [6.07, 6.45) is 5.92. The van der Waals surface area contributed by atoms with Crippen LogP contribution in [-0.2, 0) is 6.42 Å². The Morgan fingerprint density at radius 1 is 1.31 bits per heavy atom. The van der Waals surface area contributed by atoms with Crippen LogP contribution >= 0.6 is 0 Å². The smallest absolute Gasteiger partial charge is 0.243 e. The zero-order chi connectivity index (χ0) is 11.4. The highest BCUT2D eigenvalue weighted by Gasteiger charge is 2.22. The van der Waals surface area contributed by atoms with Gasteiger partial charge in [-0.25, -0.2) is 0 Å². The zero-order valence-electron chi connectivity index (χ0n) is 10.3. The van der Waals surface area contributed by atoms with Crippen molar-refractivity contribution in [3.05, 3.63) is 11.7 Å². The first-order valence-electron chi connectivity index (χ1n) is 6.37. The summed E-state index contributed by atoms with van der Waals surface area (Å²) in [4.78, 5) is 6.89. The van der Waals surface area contributed by atoms with E-state index in [1.54, 1.807) is 0 Å². The van der Waals surface area contributed by atoms with E-state index >= 15 is 0 Å². The molecule has 0 radical (unpaired) electrons. The molecule has 1 atom stereocenters. The molecule has 4 heteroatoms. The lowest BCUT2D eigenvalue weighted by molar-refractivity contribution is 0.146. The highest BCUT2D eigenvalue weighted by molar-refractivity contribution is 4.92. The quantitative estimate of drug-likeness (QED) is 0.786. The maximum Gasteiger partial charge on any atom is 0.243 e. The maximum atomic E-state index is 5.33. The first-order chi connectivity index (χ1) is 7.81. The fraction of sp³-hybridized carbons (Fsp3) is 0.833. The van der Waals surface area contributed by atoms with E-state index in [2.05, 4.69) is 28.9 Å². The number of hydrogen-bond donors (Lipinski definition) is 0. The Labute approximate surface area is 97.0 Å². The molecule has 0 unspecified atom stereocenters. The third-order valence-corrected chi connectivity index (χ3v) is 3.25. The van der Waals surface area contributed by atoms with Gasteiger partial charge < -0.3 is 4.52 Å². The van der Waals surface area contributed by atoms with Crippen LogP contribution in [0.1, 0.15) is 57.3 Å². The van der Waals surface area contributed by atoms with E-state index in [4.69, 9.17) is 4.52 Å². The van der Waals surface area contributed by atoms with E-state index in [0.717, 1.165) is 37.6 Å². The number of hydrogen-bond acceptors (Lipinski definition) is 4. The zero-order valence-corrected chi connectivity index (χ0v) is 10.3. The molecule has 1 aromatic rings. The lowest BCUT2D eigenvalue weighted by atomic mass is 10.1. The minimum absolute atomic E-state index is 0.276. The Kier molecular flexibility index (Phi) is 3.93. The van der Waals surface area contributed by atoms with Crippen molar-refractivity contribution >= 4 is 0 Å². The Bertz CT molecular complexity index is 318. The average Bonchev–Trinajstić information content (AvgIpc) is 2.78. The average molecular weight is 223 g/mol. The lowest BCUT2D eigenvalue weighted by Crippen LogP contribution is -2.32. The second kappa shape index (κ2) is 5.43. The van der Waals surface area contributed by atoms with E-state index in [-0.39, 0.29) is 6.04 Å². The molecule has 0 spiro atoms. The summed E-state index contributed by atoms with van der Waals surface area (Å²) >= 11 is 0. The fourth-order valence-electron chi connectivity index (χ4n) is 2.22. The van der Waals surface area contributed by atoms with E-state index in [9.17, 15) is 0 Å². The molecular formula is C12H21N3O. The topological polar surface area (TPSA) is 42.2 Å². The number of piperidine rings is 1. The lowest BCUT2D eigenvalue weighted by Gasteiger charge is -2.29. The van der Waals surface area contributed by atoms with Gasteiger partial charge in [0.2, 0.25) is 5.89 Å². The van der Waals surface area contributed by atoms with Crippen molar-refractivity contribution in [1.29, 1.82) is 0 Å². The number of aryl methyl sites for hydroxylation is 1. The second-order valence-corrected chi connectivity index (χ2v) is 4.57. The molecule has 1 saturated heterocycles. The molecule has 16 heavy (non-hydrogen) atoms. The second-order valence-electron chi connectivity index (χ2n) is 4.57. The van der Waals surface area contributed by atoms with Gasteiger partial charge in [0.05, 0.1) is 6.04 Å². The summed E-state index contributed by atoms with van der Waals surface area (Å²) < 4.78 is 5.33. The number of rotatable bonds is 4.